The van der Waals surface area contributed by atoms with Crippen molar-refractivity contribution < 1.29 is 9.59 Å². The minimum atomic E-state index is -0.669. The maximum Gasteiger partial charge on any atom is 0.239 e. The van der Waals surface area contributed by atoms with Gasteiger partial charge in [0, 0.05) is 13.1 Å². The van der Waals surface area contributed by atoms with Gasteiger partial charge in [-0.15, -0.1) is 0 Å². The zero-order valence-corrected chi connectivity index (χ0v) is 8.56. The van der Waals surface area contributed by atoms with Gasteiger partial charge in [-0.2, -0.15) is 0 Å². The second kappa shape index (κ2) is 5.56. The summed E-state index contributed by atoms with van der Waals surface area (Å²) in [4.78, 5) is 23.7. The van der Waals surface area contributed by atoms with Gasteiger partial charge in [-0.1, -0.05) is 0 Å². The summed E-state index contributed by atoms with van der Waals surface area (Å²) in [5, 5.41) is 0. The van der Waals surface area contributed by atoms with Crippen LogP contribution < -0.4 is 17.2 Å². The maximum atomic E-state index is 11.5. The Kier molecular flexibility index (Phi) is 5.11. The van der Waals surface area contributed by atoms with Crippen LogP contribution in [-0.4, -0.2) is 41.9 Å². The van der Waals surface area contributed by atoms with Crippen molar-refractivity contribution in [2.24, 2.45) is 17.2 Å². The monoisotopic (exact) mass is 202 g/mol. The number of carbonyl (C=O) groups excluding carboxylic acids is 2. The van der Waals surface area contributed by atoms with Gasteiger partial charge >= 0.3 is 0 Å². The molecule has 0 aliphatic heterocycles. The van der Waals surface area contributed by atoms with Gasteiger partial charge in [0.15, 0.2) is 0 Å². The molecule has 0 saturated heterocycles. The molecular formula is C8H18N4O2. The van der Waals surface area contributed by atoms with Gasteiger partial charge in [0.1, 0.15) is 6.04 Å². The lowest BCUT2D eigenvalue weighted by Crippen LogP contribution is -2.52. The van der Waals surface area contributed by atoms with Crippen LogP contribution in [-0.2, 0) is 9.59 Å². The van der Waals surface area contributed by atoms with Gasteiger partial charge in [-0.05, 0) is 13.8 Å². The molecule has 0 radical (unpaired) electrons. The fourth-order valence-corrected chi connectivity index (χ4v) is 1.05. The molecule has 0 aliphatic carbocycles. The molecule has 6 nitrogen and oxygen atoms in total. The normalized spacial score (nSPS) is 14.6. The summed E-state index contributed by atoms with van der Waals surface area (Å²) in [6, 6.07) is -1.32. The van der Waals surface area contributed by atoms with Crippen LogP contribution in [0.5, 0.6) is 0 Å². The quantitative estimate of drug-likeness (QED) is 0.478. The van der Waals surface area contributed by atoms with Crippen molar-refractivity contribution in [2.75, 3.05) is 13.1 Å². The van der Waals surface area contributed by atoms with Crippen LogP contribution in [0.2, 0.25) is 0 Å². The molecule has 82 valence electrons. The minimum absolute atomic E-state index is 0.274. The van der Waals surface area contributed by atoms with E-state index >= 15 is 0 Å². The topological polar surface area (TPSA) is 115 Å². The van der Waals surface area contributed by atoms with Crippen LogP contribution in [0.3, 0.4) is 0 Å². The molecule has 0 heterocycles. The molecule has 0 bridgehead atoms. The van der Waals surface area contributed by atoms with Gasteiger partial charge < -0.3 is 22.1 Å². The van der Waals surface area contributed by atoms with E-state index < -0.39 is 18.0 Å². The van der Waals surface area contributed by atoms with Crippen LogP contribution in [0.4, 0.5) is 0 Å². The highest BCUT2D eigenvalue weighted by Crippen LogP contribution is 2.00. The Bertz CT molecular complexity index is 217. The molecule has 0 aromatic carbocycles. The number of nitrogens with two attached hydrogens (primary N) is 3. The largest absolute Gasteiger partial charge is 0.368 e. The Morgan fingerprint density at radius 1 is 1.36 bits per heavy atom. The number of nitrogens with zero attached hydrogens (tertiary/aromatic N) is 1. The van der Waals surface area contributed by atoms with Crippen molar-refractivity contribution >= 4 is 11.8 Å². The third-order valence-corrected chi connectivity index (χ3v) is 1.92. The SMILES string of the molecule is C[C@H](N)C(=O)N(CCN)[C@@H](C)C(N)=O. The fraction of sp³-hybridized carbons (Fsp3) is 0.750. The van der Waals surface area contributed by atoms with E-state index in [0.29, 0.717) is 0 Å². The smallest absolute Gasteiger partial charge is 0.239 e. The molecule has 0 aliphatic rings. The van der Waals surface area contributed by atoms with E-state index in [-0.39, 0.29) is 19.0 Å². The molecule has 0 rings (SSSR count). The maximum absolute atomic E-state index is 11.5. The zero-order chi connectivity index (χ0) is 11.3. The van der Waals surface area contributed by atoms with Crippen LogP contribution in [0, 0.1) is 0 Å². The first-order valence-corrected chi connectivity index (χ1v) is 4.47. The standard InChI is InChI=1S/C8H18N4O2/c1-5(10)8(14)12(4-3-9)6(2)7(11)13/h5-6H,3-4,9-10H2,1-2H3,(H2,11,13)/t5-,6-/m0/s1. The van der Waals surface area contributed by atoms with Crippen molar-refractivity contribution in [3.8, 4) is 0 Å². The first-order valence-electron chi connectivity index (χ1n) is 4.47. The summed E-state index contributed by atoms with van der Waals surface area (Å²) >= 11 is 0. The van der Waals surface area contributed by atoms with Crippen LogP contribution in [0.1, 0.15) is 13.8 Å². The minimum Gasteiger partial charge on any atom is -0.368 e. The summed E-state index contributed by atoms with van der Waals surface area (Å²) in [5.41, 5.74) is 15.8. The van der Waals surface area contributed by atoms with Crippen molar-refractivity contribution in [1.29, 1.82) is 0 Å². The highest BCUT2D eigenvalue weighted by molar-refractivity contribution is 5.88. The molecule has 6 N–H and O–H groups in total. The fourth-order valence-electron chi connectivity index (χ4n) is 1.05. The average Bonchev–Trinajstić information content (AvgIpc) is 2.11. The van der Waals surface area contributed by atoms with Gasteiger partial charge in [0.2, 0.25) is 11.8 Å². The van der Waals surface area contributed by atoms with Crippen molar-refractivity contribution in [3.63, 3.8) is 0 Å². The van der Waals surface area contributed by atoms with Crippen LogP contribution in [0.15, 0.2) is 0 Å². The molecular weight excluding hydrogens is 184 g/mol. The predicted octanol–water partition coefficient (Wildman–Crippen LogP) is -2.01. The third kappa shape index (κ3) is 3.31. The predicted molar refractivity (Wildman–Crippen MR) is 53.1 cm³/mol. The molecule has 2 atom stereocenters. The zero-order valence-electron chi connectivity index (χ0n) is 8.56. The number of rotatable bonds is 5. The molecule has 0 aromatic heterocycles. The van der Waals surface area contributed by atoms with E-state index in [1.54, 1.807) is 13.8 Å². The number of hydrogen-bond acceptors (Lipinski definition) is 4. The van der Waals surface area contributed by atoms with E-state index in [2.05, 4.69) is 0 Å². The van der Waals surface area contributed by atoms with Crippen molar-refractivity contribution in [3.05, 3.63) is 0 Å². The van der Waals surface area contributed by atoms with Gasteiger partial charge in [-0.25, -0.2) is 0 Å². The van der Waals surface area contributed by atoms with E-state index in [1.165, 1.54) is 4.90 Å². The molecule has 0 spiro atoms. The molecule has 0 fully saturated rings. The summed E-state index contributed by atoms with van der Waals surface area (Å²) in [6.07, 6.45) is 0. The van der Waals surface area contributed by atoms with Crippen LogP contribution >= 0.6 is 0 Å². The van der Waals surface area contributed by atoms with Gasteiger partial charge in [-0.3, -0.25) is 9.59 Å². The van der Waals surface area contributed by atoms with E-state index in [4.69, 9.17) is 17.2 Å². The van der Waals surface area contributed by atoms with E-state index in [1.807, 2.05) is 0 Å². The first-order chi connectivity index (χ1) is 6.41. The Morgan fingerprint density at radius 3 is 2.14 bits per heavy atom. The summed E-state index contributed by atoms with van der Waals surface area (Å²) < 4.78 is 0. The molecule has 0 unspecified atom stereocenters. The lowest BCUT2D eigenvalue weighted by atomic mass is 10.2. The average molecular weight is 202 g/mol. The van der Waals surface area contributed by atoms with E-state index in [0.717, 1.165) is 0 Å². The van der Waals surface area contributed by atoms with Crippen molar-refractivity contribution in [2.45, 2.75) is 25.9 Å². The van der Waals surface area contributed by atoms with E-state index in [9.17, 15) is 9.59 Å². The second-order valence-corrected chi connectivity index (χ2v) is 3.19. The number of primary amides is 1. The molecule has 6 heteroatoms. The van der Waals surface area contributed by atoms with Crippen molar-refractivity contribution in [1.82, 2.24) is 4.90 Å². The van der Waals surface area contributed by atoms with Crippen LogP contribution in [0.25, 0.3) is 0 Å². The lowest BCUT2D eigenvalue weighted by molar-refractivity contribution is -0.139. The number of carbonyl (C=O) groups is 2. The Balaban J connectivity index is 4.58. The Hall–Kier alpha value is -1.14. The van der Waals surface area contributed by atoms with Gasteiger partial charge in [0.05, 0.1) is 6.04 Å². The highest BCUT2D eigenvalue weighted by Gasteiger charge is 2.25. The van der Waals surface area contributed by atoms with Gasteiger partial charge in [0.25, 0.3) is 0 Å². The molecule has 0 saturated carbocycles. The summed E-state index contributed by atoms with van der Waals surface area (Å²) in [6.45, 7) is 3.67. The summed E-state index contributed by atoms with van der Waals surface area (Å²) in [5.74, 6) is -0.880. The molecule has 14 heavy (non-hydrogen) atoms. The highest BCUT2D eigenvalue weighted by atomic mass is 16.2. The Labute approximate surface area is 83.4 Å². The summed E-state index contributed by atoms with van der Waals surface area (Å²) in [7, 11) is 0. The Morgan fingerprint density at radius 2 is 1.86 bits per heavy atom. The first kappa shape index (κ1) is 12.9. The number of amides is 2. The molecule has 0 aromatic rings. The third-order valence-electron chi connectivity index (χ3n) is 1.92. The second-order valence-electron chi connectivity index (χ2n) is 3.19. The molecule has 2 amide bonds. The lowest BCUT2D eigenvalue weighted by Gasteiger charge is -2.28. The number of hydrogen-bond donors (Lipinski definition) is 3.